The van der Waals surface area contributed by atoms with E-state index in [1.54, 1.807) is 21.5 Å². The molecule has 0 aromatic heterocycles. The lowest BCUT2D eigenvalue weighted by Gasteiger charge is -2.30. The summed E-state index contributed by atoms with van der Waals surface area (Å²) in [5, 5.41) is 3.36. The highest BCUT2D eigenvalue weighted by Crippen LogP contribution is 2.48. The molecule has 0 nitrogen and oxygen atoms in total. The molecule has 0 N–H and O–H groups in total. The lowest BCUT2D eigenvalue weighted by atomic mass is 10.1. The van der Waals surface area contributed by atoms with E-state index >= 15 is 0 Å². The van der Waals surface area contributed by atoms with E-state index in [1.807, 2.05) is 0 Å². The van der Waals surface area contributed by atoms with Gasteiger partial charge in [-0.3, -0.25) is 0 Å². The molecular formula is C22H24Si. The molecule has 0 aliphatic heterocycles. The van der Waals surface area contributed by atoms with Crippen LogP contribution in [0.25, 0.3) is 10.4 Å². The first kappa shape index (κ1) is 14.7. The van der Waals surface area contributed by atoms with Gasteiger partial charge in [-0.1, -0.05) is 72.8 Å². The van der Waals surface area contributed by atoms with Gasteiger partial charge in [0.15, 0.2) is 0 Å². The van der Waals surface area contributed by atoms with E-state index < -0.39 is 8.07 Å². The highest BCUT2D eigenvalue weighted by molar-refractivity contribution is 7.09. The Bertz CT molecular complexity index is 794. The van der Waals surface area contributed by atoms with Gasteiger partial charge in [-0.05, 0) is 59.3 Å². The van der Waals surface area contributed by atoms with Crippen molar-refractivity contribution >= 4 is 18.5 Å². The van der Waals surface area contributed by atoms with Gasteiger partial charge in [0, 0.05) is 0 Å². The predicted molar refractivity (Wildman–Crippen MR) is 103 cm³/mol. The Morgan fingerprint density at radius 1 is 0.652 bits per heavy atom. The molecule has 0 saturated carbocycles. The smallest absolute Gasteiger partial charge is 0.0686 e. The minimum atomic E-state index is -1.71. The third-order valence-electron chi connectivity index (χ3n) is 5.59. The van der Waals surface area contributed by atoms with Crippen LogP contribution in [0.1, 0.15) is 36.1 Å². The second-order valence-corrected chi connectivity index (χ2v) is 11.9. The van der Waals surface area contributed by atoms with Crippen molar-refractivity contribution in [2.24, 2.45) is 0 Å². The third-order valence-corrected chi connectivity index (χ3v) is 9.48. The summed E-state index contributed by atoms with van der Waals surface area (Å²) in [6.07, 6.45) is 2.27. The van der Waals surface area contributed by atoms with Crippen LogP contribution in [0.2, 0.25) is 13.1 Å². The number of hydrogen-bond donors (Lipinski definition) is 0. The highest BCUT2D eigenvalue weighted by atomic mass is 28.3. The van der Waals surface area contributed by atoms with Gasteiger partial charge in [0.05, 0.1) is 0 Å². The van der Waals surface area contributed by atoms with E-state index in [4.69, 9.17) is 0 Å². The average Bonchev–Trinajstić information content (AvgIpc) is 3.02. The SMILES string of the molecule is CC1=C([Si](C)(C)C2=C(C)Cc3ccccc32)c2ccccc2C1. The molecule has 116 valence electrons. The minimum absolute atomic E-state index is 1.13. The van der Waals surface area contributed by atoms with E-state index in [0.29, 0.717) is 0 Å². The summed E-state index contributed by atoms with van der Waals surface area (Å²) in [6, 6.07) is 18.1. The summed E-state index contributed by atoms with van der Waals surface area (Å²) in [6.45, 7) is 9.80. The average molecular weight is 317 g/mol. The second kappa shape index (κ2) is 5.07. The van der Waals surface area contributed by atoms with Gasteiger partial charge < -0.3 is 0 Å². The predicted octanol–water partition coefficient (Wildman–Crippen LogP) is 5.83. The van der Waals surface area contributed by atoms with Crippen LogP contribution >= 0.6 is 0 Å². The molecule has 23 heavy (non-hydrogen) atoms. The van der Waals surface area contributed by atoms with Crippen molar-refractivity contribution in [2.75, 3.05) is 0 Å². The Balaban J connectivity index is 1.90. The van der Waals surface area contributed by atoms with Crippen LogP contribution in [0.4, 0.5) is 0 Å². The molecule has 2 aromatic rings. The Morgan fingerprint density at radius 2 is 1.04 bits per heavy atom. The van der Waals surface area contributed by atoms with Crippen LogP contribution in [-0.2, 0) is 12.8 Å². The van der Waals surface area contributed by atoms with E-state index in [-0.39, 0.29) is 0 Å². The van der Waals surface area contributed by atoms with Crippen molar-refractivity contribution in [1.29, 1.82) is 0 Å². The summed E-state index contributed by atoms with van der Waals surface area (Å²) in [7, 11) is -1.71. The molecule has 0 fully saturated rings. The quantitative estimate of drug-likeness (QED) is 0.611. The molecule has 0 unspecified atom stereocenters. The maximum absolute atomic E-state index is 2.55. The fourth-order valence-corrected chi connectivity index (χ4v) is 9.31. The molecule has 2 aliphatic carbocycles. The zero-order valence-corrected chi connectivity index (χ0v) is 15.5. The summed E-state index contributed by atoms with van der Waals surface area (Å²) in [5.41, 5.74) is 9.26. The third kappa shape index (κ3) is 2.10. The van der Waals surface area contributed by atoms with Crippen LogP contribution in [0, 0.1) is 0 Å². The molecule has 0 atom stereocenters. The Hall–Kier alpha value is -1.86. The lowest BCUT2D eigenvalue weighted by molar-refractivity contribution is 1.19. The first-order valence-electron chi connectivity index (χ1n) is 8.57. The van der Waals surface area contributed by atoms with E-state index in [1.165, 1.54) is 22.3 Å². The van der Waals surface area contributed by atoms with E-state index in [2.05, 4.69) is 75.5 Å². The van der Waals surface area contributed by atoms with Crippen LogP contribution < -0.4 is 0 Å². The van der Waals surface area contributed by atoms with E-state index in [9.17, 15) is 0 Å². The fourth-order valence-electron chi connectivity index (χ4n) is 4.91. The van der Waals surface area contributed by atoms with Gasteiger partial charge in [0.1, 0.15) is 8.07 Å². The topological polar surface area (TPSA) is 0 Å². The standard InChI is InChI=1S/C22H24Si/c1-15-13-17-9-5-7-11-19(17)21(15)23(3,4)22-16(2)14-18-10-6-8-12-20(18)22/h5-12H,13-14H2,1-4H3. The van der Waals surface area contributed by atoms with Crippen LogP contribution in [0.5, 0.6) is 0 Å². The summed E-state index contributed by atoms with van der Waals surface area (Å²) in [4.78, 5) is 0. The fraction of sp³-hybridized carbons (Fsp3) is 0.273. The molecule has 2 aliphatic rings. The first-order valence-corrected chi connectivity index (χ1v) is 11.6. The molecule has 0 bridgehead atoms. The second-order valence-electron chi connectivity index (χ2n) is 7.60. The number of allylic oxidation sites excluding steroid dienone is 2. The molecule has 4 rings (SSSR count). The summed E-state index contributed by atoms with van der Waals surface area (Å²) >= 11 is 0. The van der Waals surface area contributed by atoms with Gasteiger partial charge in [-0.2, -0.15) is 0 Å². The molecule has 2 aromatic carbocycles. The largest absolute Gasteiger partial charge is 0.113 e. The molecule has 0 amide bonds. The molecule has 1 heteroatoms. The molecule has 0 heterocycles. The summed E-state index contributed by atoms with van der Waals surface area (Å²) in [5.74, 6) is 0. The molecule has 0 radical (unpaired) electrons. The van der Waals surface area contributed by atoms with Crippen LogP contribution in [0.3, 0.4) is 0 Å². The van der Waals surface area contributed by atoms with Gasteiger partial charge in [-0.15, -0.1) is 0 Å². The monoisotopic (exact) mass is 316 g/mol. The van der Waals surface area contributed by atoms with Crippen molar-refractivity contribution in [3.8, 4) is 0 Å². The van der Waals surface area contributed by atoms with Gasteiger partial charge >= 0.3 is 0 Å². The number of fused-ring (bicyclic) bond motifs is 2. The lowest BCUT2D eigenvalue weighted by Crippen LogP contribution is -2.31. The zero-order valence-electron chi connectivity index (χ0n) is 14.5. The number of benzene rings is 2. The number of rotatable bonds is 2. The molecule has 0 saturated heterocycles. The van der Waals surface area contributed by atoms with Crippen molar-refractivity contribution in [3.63, 3.8) is 0 Å². The molecular weight excluding hydrogens is 292 g/mol. The van der Waals surface area contributed by atoms with E-state index in [0.717, 1.165) is 12.8 Å². The van der Waals surface area contributed by atoms with Gasteiger partial charge in [-0.25, -0.2) is 0 Å². The highest BCUT2D eigenvalue weighted by Gasteiger charge is 2.40. The Labute approximate surface area is 140 Å². The van der Waals surface area contributed by atoms with Crippen LogP contribution in [0.15, 0.2) is 59.7 Å². The number of hydrogen-bond acceptors (Lipinski definition) is 0. The van der Waals surface area contributed by atoms with Crippen molar-refractivity contribution in [1.82, 2.24) is 0 Å². The van der Waals surface area contributed by atoms with Gasteiger partial charge in [0.2, 0.25) is 0 Å². The van der Waals surface area contributed by atoms with Crippen LogP contribution in [-0.4, -0.2) is 8.07 Å². The maximum Gasteiger partial charge on any atom is 0.113 e. The zero-order chi connectivity index (χ0) is 16.2. The Kier molecular flexibility index (Phi) is 3.24. The Morgan fingerprint density at radius 3 is 1.48 bits per heavy atom. The summed E-state index contributed by atoms with van der Waals surface area (Å²) < 4.78 is 0. The first-order chi connectivity index (χ1) is 11.0. The van der Waals surface area contributed by atoms with Crippen molar-refractivity contribution in [3.05, 3.63) is 81.9 Å². The van der Waals surface area contributed by atoms with Gasteiger partial charge in [0.25, 0.3) is 0 Å². The normalized spacial score (nSPS) is 16.9. The molecule has 0 spiro atoms. The van der Waals surface area contributed by atoms with Crippen molar-refractivity contribution in [2.45, 2.75) is 39.8 Å². The maximum atomic E-state index is 2.55. The minimum Gasteiger partial charge on any atom is -0.0686 e. The van der Waals surface area contributed by atoms with Crippen molar-refractivity contribution < 1.29 is 0 Å².